The maximum absolute atomic E-state index is 12.7. The molecule has 0 saturated heterocycles. The highest BCUT2D eigenvalue weighted by Gasteiger charge is 2.20. The summed E-state index contributed by atoms with van der Waals surface area (Å²) in [7, 11) is 1.61. The second-order valence-corrected chi connectivity index (χ2v) is 8.36. The molecule has 0 radical (unpaired) electrons. The molecule has 3 heterocycles. The standard InChI is InChI=1S/C26H26N8O2/c1-36-20-5-2-18(3-6-20)32-26(35)34-10-8-16(9-11-34)23-13-21-24(29-15-30-25(21)33-23)31-19-4-7-22(28)17(12-19)14-27/h2-8,12-15,27H,9-11,28H2,1H3,(H,32,35)(H2,29,30,31,33). The number of hydrogen-bond donors (Lipinski definition) is 5. The summed E-state index contributed by atoms with van der Waals surface area (Å²) >= 11 is 0. The van der Waals surface area contributed by atoms with E-state index in [1.807, 2.05) is 36.4 Å². The third kappa shape index (κ3) is 4.69. The van der Waals surface area contributed by atoms with Crippen LogP contribution in [0.5, 0.6) is 5.75 Å². The molecule has 6 N–H and O–H groups in total. The van der Waals surface area contributed by atoms with Gasteiger partial charge < -0.3 is 36.4 Å². The highest BCUT2D eigenvalue weighted by Crippen LogP contribution is 2.30. The fourth-order valence-electron chi connectivity index (χ4n) is 4.10. The highest BCUT2D eigenvalue weighted by atomic mass is 16.5. The van der Waals surface area contributed by atoms with Crippen LogP contribution in [0.3, 0.4) is 0 Å². The van der Waals surface area contributed by atoms with Crippen LogP contribution >= 0.6 is 0 Å². The minimum Gasteiger partial charge on any atom is -0.497 e. The van der Waals surface area contributed by atoms with Gasteiger partial charge in [-0.1, -0.05) is 6.08 Å². The first-order valence-electron chi connectivity index (χ1n) is 11.4. The van der Waals surface area contributed by atoms with Crippen LogP contribution in [0.25, 0.3) is 16.6 Å². The number of methoxy groups -OCH3 is 1. The molecule has 2 aromatic heterocycles. The van der Waals surface area contributed by atoms with Crippen LogP contribution in [-0.2, 0) is 0 Å². The van der Waals surface area contributed by atoms with Crippen molar-refractivity contribution in [3.63, 3.8) is 0 Å². The van der Waals surface area contributed by atoms with E-state index >= 15 is 0 Å². The van der Waals surface area contributed by atoms with Crippen molar-refractivity contribution in [3.8, 4) is 5.75 Å². The average Bonchev–Trinajstić information content (AvgIpc) is 3.36. The van der Waals surface area contributed by atoms with E-state index < -0.39 is 0 Å². The number of carbonyl (C=O) groups is 1. The molecular formula is C26H26N8O2. The van der Waals surface area contributed by atoms with Gasteiger partial charge in [-0.05, 0) is 60.5 Å². The highest BCUT2D eigenvalue weighted by molar-refractivity contribution is 5.94. The predicted molar refractivity (Wildman–Crippen MR) is 142 cm³/mol. The van der Waals surface area contributed by atoms with Gasteiger partial charge in [0.15, 0.2) is 0 Å². The Bertz CT molecular complexity index is 1460. The van der Waals surface area contributed by atoms with E-state index in [0.29, 0.717) is 42.2 Å². The molecule has 182 valence electrons. The van der Waals surface area contributed by atoms with Crippen LogP contribution in [0, 0.1) is 5.41 Å². The van der Waals surface area contributed by atoms with Crippen molar-refractivity contribution in [2.75, 3.05) is 36.6 Å². The number of H-pyrrole nitrogens is 1. The van der Waals surface area contributed by atoms with Crippen molar-refractivity contribution in [1.29, 1.82) is 5.41 Å². The Morgan fingerprint density at radius 1 is 1.17 bits per heavy atom. The summed E-state index contributed by atoms with van der Waals surface area (Å²) in [5.41, 5.74) is 11.4. The van der Waals surface area contributed by atoms with Gasteiger partial charge in [-0.25, -0.2) is 14.8 Å². The Morgan fingerprint density at radius 2 is 1.97 bits per heavy atom. The number of rotatable bonds is 6. The van der Waals surface area contributed by atoms with Crippen LogP contribution in [0.2, 0.25) is 0 Å². The van der Waals surface area contributed by atoms with Gasteiger partial charge >= 0.3 is 6.03 Å². The monoisotopic (exact) mass is 482 g/mol. The lowest BCUT2D eigenvalue weighted by atomic mass is 10.1. The summed E-state index contributed by atoms with van der Waals surface area (Å²) < 4.78 is 5.16. The van der Waals surface area contributed by atoms with Gasteiger partial charge in [0.1, 0.15) is 23.5 Å². The Balaban J connectivity index is 1.30. The topological polar surface area (TPSA) is 145 Å². The number of urea groups is 1. The normalized spacial score (nSPS) is 13.2. The molecule has 2 aromatic carbocycles. The molecule has 0 atom stereocenters. The summed E-state index contributed by atoms with van der Waals surface area (Å²) in [5.74, 6) is 1.39. The van der Waals surface area contributed by atoms with Gasteiger partial charge in [0.05, 0.1) is 12.5 Å². The molecule has 0 bridgehead atoms. The van der Waals surface area contributed by atoms with Crippen LogP contribution < -0.4 is 21.1 Å². The quantitative estimate of drug-likeness (QED) is 0.200. The third-order valence-electron chi connectivity index (χ3n) is 6.11. The Hall–Kier alpha value is -4.86. The molecule has 1 aliphatic rings. The lowest BCUT2D eigenvalue weighted by Gasteiger charge is -2.26. The first-order valence-corrected chi connectivity index (χ1v) is 11.4. The zero-order chi connectivity index (χ0) is 25.1. The Kier molecular flexibility index (Phi) is 6.23. The number of amides is 2. The molecule has 10 heteroatoms. The number of aromatic amines is 1. The number of nitrogens with one attached hydrogen (secondary N) is 4. The zero-order valence-corrected chi connectivity index (χ0v) is 19.7. The second kappa shape index (κ2) is 9.79. The van der Waals surface area contributed by atoms with Crippen molar-refractivity contribution in [2.45, 2.75) is 6.42 Å². The lowest BCUT2D eigenvalue weighted by Crippen LogP contribution is -2.37. The van der Waals surface area contributed by atoms with Crippen molar-refractivity contribution >= 4 is 51.7 Å². The van der Waals surface area contributed by atoms with E-state index in [1.54, 1.807) is 24.1 Å². The van der Waals surface area contributed by atoms with Gasteiger partial charge in [0.25, 0.3) is 0 Å². The lowest BCUT2D eigenvalue weighted by molar-refractivity contribution is 0.217. The van der Waals surface area contributed by atoms with Gasteiger partial charge in [-0.3, -0.25) is 0 Å². The molecule has 0 unspecified atom stereocenters. The Labute approximate surface area is 207 Å². The summed E-state index contributed by atoms with van der Waals surface area (Å²) in [6.45, 7) is 1.10. The van der Waals surface area contributed by atoms with E-state index in [0.717, 1.165) is 33.8 Å². The summed E-state index contributed by atoms with van der Waals surface area (Å²) in [6.07, 6.45) is 5.49. The van der Waals surface area contributed by atoms with E-state index in [1.165, 1.54) is 12.5 Å². The number of aromatic nitrogens is 3. The maximum Gasteiger partial charge on any atom is 0.322 e. The average molecular weight is 483 g/mol. The van der Waals surface area contributed by atoms with Crippen LogP contribution in [0.15, 0.2) is 60.9 Å². The van der Waals surface area contributed by atoms with E-state index in [9.17, 15) is 4.79 Å². The molecule has 0 fully saturated rings. The van der Waals surface area contributed by atoms with E-state index in [2.05, 4.69) is 31.7 Å². The van der Waals surface area contributed by atoms with Crippen molar-refractivity contribution in [3.05, 3.63) is 72.2 Å². The van der Waals surface area contributed by atoms with E-state index in [4.69, 9.17) is 15.9 Å². The van der Waals surface area contributed by atoms with Crippen LogP contribution in [0.1, 0.15) is 17.7 Å². The second-order valence-electron chi connectivity index (χ2n) is 8.36. The molecule has 5 rings (SSSR count). The molecule has 36 heavy (non-hydrogen) atoms. The number of nitrogen functional groups attached to an aromatic ring is 1. The molecule has 10 nitrogen and oxygen atoms in total. The number of fused-ring (bicyclic) bond motifs is 1. The molecular weight excluding hydrogens is 456 g/mol. The molecule has 2 amide bonds. The number of hydrogen-bond acceptors (Lipinski definition) is 7. The first kappa shape index (κ1) is 22.9. The third-order valence-corrected chi connectivity index (χ3v) is 6.11. The SMILES string of the molecule is COc1ccc(NC(=O)N2CC=C(c3cc4c(Nc5ccc(N)c(C=N)c5)ncnc4[nH]3)CC2)cc1. The first-order chi connectivity index (χ1) is 17.5. The van der Waals surface area contributed by atoms with Crippen LogP contribution in [-0.4, -0.2) is 52.3 Å². The van der Waals surface area contributed by atoms with Crippen LogP contribution in [0.4, 0.5) is 27.7 Å². The summed E-state index contributed by atoms with van der Waals surface area (Å²) in [4.78, 5) is 26.6. The minimum atomic E-state index is -0.141. The number of ether oxygens (including phenoxy) is 1. The summed E-state index contributed by atoms with van der Waals surface area (Å²) in [5, 5.41) is 14.6. The fraction of sp³-hybridized carbons (Fsp3) is 0.154. The van der Waals surface area contributed by atoms with Gasteiger partial charge in [-0.2, -0.15) is 0 Å². The van der Waals surface area contributed by atoms with Crippen molar-refractivity contribution in [2.24, 2.45) is 0 Å². The van der Waals surface area contributed by atoms with Crippen molar-refractivity contribution < 1.29 is 9.53 Å². The van der Waals surface area contributed by atoms with Gasteiger partial charge in [0.2, 0.25) is 0 Å². The van der Waals surface area contributed by atoms with Gasteiger partial charge in [0, 0.05) is 47.6 Å². The predicted octanol–water partition coefficient (Wildman–Crippen LogP) is 4.61. The largest absolute Gasteiger partial charge is 0.497 e. The number of nitrogens with zero attached hydrogens (tertiary/aromatic N) is 3. The minimum absolute atomic E-state index is 0.141. The van der Waals surface area contributed by atoms with Gasteiger partial charge in [-0.15, -0.1) is 0 Å². The number of anilines is 4. The smallest absolute Gasteiger partial charge is 0.322 e. The number of benzene rings is 2. The molecule has 1 aliphatic heterocycles. The molecule has 0 spiro atoms. The van der Waals surface area contributed by atoms with E-state index in [-0.39, 0.29) is 6.03 Å². The Morgan fingerprint density at radius 3 is 2.69 bits per heavy atom. The molecule has 0 saturated carbocycles. The summed E-state index contributed by atoms with van der Waals surface area (Å²) in [6, 6.07) is 14.5. The zero-order valence-electron chi connectivity index (χ0n) is 19.7. The molecule has 4 aromatic rings. The maximum atomic E-state index is 12.7. The fourth-order valence-corrected chi connectivity index (χ4v) is 4.10. The molecule has 0 aliphatic carbocycles. The van der Waals surface area contributed by atoms with Crippen molar-refractivity contribution in [1.82, 2.24) is 19.9 Å². The number of nitrogens with two attached hydrogens (primary N) is 1. The number of carbonyl (C=O) groups excluding carboxylic acids is 1.